The Labute approximate surface area is 103 Å². The molecule has 0 amide bonds. The zero-order valence-corrected chi connectivity index (χ0v) is 9.79. The molecule has 0 radical (unpaired) electrons. The number of hydrogen-bond donors (Lipinski definition) is 1. The van der Waals surface area contributed by atoms with Crippen LogP contribution in [-0.2, 0) is 4.79 Å². The van der Waals surface area contributed by atoms with E-state index in [4.69, 9.17) is 14.6 Å². The quantitative estimate of drug-likeness (QED) is 0.453. The Bertz CT molecular complexity index is 445. The molecule has 7 heteroatoms. The smallest absolute Gasteiger partial charge is 0.303 e. The fourth-order valence-electron chi connectivity index (χ4n) is 1.30. The van der Waals surface area contributed by atoms with Gasteiger partial charge in [-0.25, -0.2) is 0 Å². The number of aliphatic carboxylic acids is 1. The van der Waals surface area contributed by atoms with Crippen LogP contribution < -0.4 is 9.47 Å². The van der Waals surface area contributed by atoms with E-state index in [2.05, 4.69) is 0 Å². The Morgan fingerprint density at radius 2 is 2.17 bits per heavy atom. The molecule has 0 fully saturated rings. The number of methoxy groups -OCH3 is 1. The summed E-state index contributed by atoms with van der Waals surface area (Å²) < 4.78 is 10.3. The van der Waals surface area contributed by atoms with Crippen LogP contribution in [0, 0.1) is 10.1 Å². The molecule has 0 aliphatic rings. The van der Waals surface area contributed by atoms with Gasteiger partial charge in [-0.15, -0.1) is 0 Å². The summed E-state index contributed by atoms with van der Waals surface area (Å²) in [7, 11) is 1.42. The number of nitro benzene ring substituents is 1. The molecular weight excluding hydrogens is 242 g/mol. The average Bonchev–Trinajstić information content (AvgIpc) is 2.34. The van der Waals surface area contributed by atoms with Crippen molar-refractivity contribution in [1.82, 2.24) is 0 Å². The summed E-state index contributed by atoms with van der Waals surface area (Å²) >= 11 is 0. The zero-order valence-electron chi connectivity index (χ0n) is 9.79. The van der Waals surface area contributed by atoms with E-state index in [-0.39, 0.29) is 24.5 Å². The first kappa shape index (κ1) is 13.8. The van der Waals surface area contributed by atoms with Crippen molar-refractivity contribution >= 4 is 11.7 Å². The molecule has 1 rings (SSSR count). The highest BCUT2D eigenvalue weighted by Gasteiger charge is 2.12. The molecule has 0 aliphatic carbocycles. The first-order chi connectivity index (χ1) is 8.54. The third-order valence-corrected chi connectivity index (χ3v) is 2.15. The van der Waals surface area contributed by atoms with Crippen molar-refractivity contribution in [3.63, 3.8) is 0 Å². The maximum Gasteiger partial charge on any atom is 0.303 e. The fraction of sp³-hybridized carbons (Fsp3) is 0.364. The monoisotopic (exact) mass is 255 g/mol. The summed E-state index contributed by atoms with van der Waals surface area (Å²) in [5, 5.41) is 19.1. The van der Waals surface area contributed by atoms with Gasteiger partial charge < -0.3 is 14.6 Å². The number of hydrogen-bond acceptors (Lipinski definition) is 5. The summed E-state index contributed by atoms with van der Waals surface area (Å²) in [6, 6.07) is 3.99. The molecule has 1 aromatic rings. The Morgan fingerprint density at radius 3 is 2.72 bits per heavy atom. The lowest BCUT2D eigenvalue weighted by molar-refractivity contribution is -0.385. The SMILES string of the molecule is COc1ccc([N+](=O)[O-])cc1OCCCC(=O)O. The minimum absolute atomic E-state index is 0.0166. The molecule has 1 aromatic carbocycles. The Kier molecular flexibility index (Phi) is 4.91. The highest BCUT2D eigenvalue weighted by molar-refractivity contribution is 5.66. The van der Waals surface area contributed by atoms with Gasteiger partial charge in [-0.3, -0.25) is 14.9 Å². The van der Waals surface area contributed by atoms with Crippen molar-refractivity contribution in [2.45, 2.75) is 12.8 Å². The summed E-state index contributed by atoms with van der Waals surface area (Å²) in [4.78, 5) is 20.4. The standard InChI is InChI=1S/C11H13NO6/c1-17-9-5-4-8(12(15)16)7-10(9)18-6-2-3-11(13)14/h4-5,7H,2-3,6H2,1H3,(H,13,14). The Balaban J connectivity index is 2.69. The molecule has 0 saturated heterocycles. The minimum Gasteiger partial charge on any atom is -0.493 e. The van der Waals surface area contributed by atoms with Crippen LogP contribution in [0.1, 0.15) is 12.8 Å². The number of non-ortho nitro benzene ring substituents is 1. The van der Waals surface area contributed by atoms with E-state index in [0.717, 1.165) is 0 Å². The average molecular weight is 255 g/mol. The molecule has 0 unspecified atom stereocenters. The van der Waals surface area contributed by atoms with Crippen LogP contribution in [0.2, 0.25) is 0 Å². The van der Waals surface area contributed by atoms with Gasteiger partial charge in [-0.2, -0.15) is 0 Å². The topological polar surface area (TPSA) is 98.9 Å². The molecule has 7 nitrogen and oxygen atoms in total. The lowest BCUT2D eigenvalue weighted by atomic mass is 10.3. The van der Waals surface area contributed by atoms with E-state index in [1.807, 2.05) is 0 Å². The summed E-state index contributed by atoms with van der Waals surface area (Å²) in [5.74, 6) is -0.308. The maximum atomic E-state index is 10.6. The first-order valence-corrected chi connectivity index (χ1v) is 5.21. The second-order valence-corrected chi connectivity index (χ2v) is 3.44. The number of benzene rings is 1. The molecule has 18 heavy (non-hydrogen) atoms. The molecule has 1 N–H and O–H groups in total. The largest absolute Gasteiger partial charge is 0.493 e. The Morgan fingerprint density at radius 1 is 1.44 bits per heavy atom. The fourth-order valence-corrected chi connectivity index (χ4v) is 1.30. The van der Waals surface area contributed by atoms with Crippen molar-refractivity contribution < 1.29 is 24.3 Å². The van der Waals surface area contributed by atoms with Gasteiger partial charge in [-0.05, 0) is 12.5 Å². The van der Waals surface area contributed by atoms with Gasteiger partial charge in [0.05, 0.1) is 24.7 Å². The molecule has 0 heterocycles. The third-order valence-electron chi connectivity index (χ3n) is 2.15. The van der Waals surface area contributed by atoms with Crippen LogP contribution in [0.25, 0.3) is 0 Å². The predicted molar refractivity (Wildman–Crippen MR) is 62.0 cm³/mol. The van der Waals surface area contributed by atoms with Crippen molar-refractivity contribution in [3.05, 3.63) is 28.3 Å². The van der Waals surface area contributed by atoms with Crippen molar-refractivity contribution in [2.24, 2.45) is 0 Å². The molecule has 98 valence electrons. The maximum absolute atomic E-state index is 10.6. The molecule has 0 atom stereocenters. The number of carboxylic acids is 1. The van der Waals surface area contributed by atoms with E-state index >= 15 is 0 Å². The van der Waals surface area contributed by atoms with Gasteiger partial charge in [0.25, 0.3) is 5.69 Å². The third kappa shape index (κ3) is 3.93. The van der Waals surface area contributed by atoms with Gasteiger partial charge in [0.1, 0.15) is 0 Å². The molecule has 0 aromatic heterocycles. The minimum atomic E-state index is -0.912. The van der Waals surface area contributed by atoms with E-state index in [1.165, 1.54) is 25.3 Å². The van der Waals surface area contributed by atoms with Crippen LogP contribution >= 0.6 is 0 Å². The van der Waals surface area contributed by atoms with E-state index < -0.39 is 10.9 Å². The first-order valence-electron chi connectivity index (χ1n) is 5.21. The number of ether oxygens (including phenoxy) is 2. The number of rotatable bonds is 7. The summed E-state index contributed by atoms with van der Waals surface area (Å²) in [5.41, 5.74) is -0.107. The van der Waals surface area contributed by atoms with Crippen LogP contribution in [0.5, 0.6) is 11.5 Å². The highest BCUT2D eigenvalue weighted by atomic mass is 16.6. The van der Waals surface area contributed by atoms with Crippen LogP contribution in [-0.4, -0.2) is 29.7 Å². The predicted octanol–water partition coefficient (Wildman–Crippen LogP) is 1.85. The number of carbonyl (C=O) groups is 1. The van der Waals surface area contributed by atoms with Gasteiger partial charge in [0, 0.05) is 12.5 Å². The van der Waals surface area contributed by atoms with Crippen LogP contribution in [0.4, 0.5) is 5.69 Å². The highest BCUT2D eigenvalue weighted by Crippen LogP contribution is 2.31. The summed E-state index contributed by atoms with van der Waals surface area (Å²) in [6.07, 6.45) is 0.304. The molecular formula is C11H13NO6. The number of carboxylic acid groups (broad SMARTS) is 1. The summed E-state index contributed by atoms with van der Waals surface area (Å²) in [6.45, 7) is 0.157. The normalized spacial score (nSPS) is 9.83. The van der Waals surface area contributed by atoms with Crippen LogP contribution in [0.3, 0.4) is 0 Å². The van der Waals surface area contributed by atoms with Gasteiger partial charge in [0.15, 0.2) is 11.5 Å². The second-order valence-electron chi connectivity index (χ2n) is 3.44. The van der Waals surface area contributed by atoms with Gasteiger partial charge >= 0.3 is 5.97 Å². The van der Waals surface area contributed by atoms with Gasteiger partial charge in [0.2, 0.25) is 0 Å². The number of nitrogens with zero attached hydrogens (tertiary/aromatic N) is 1. The van der Waals surface area contributed by atoms with Crippen molar-refractivity contribution in [3.8, 4) is 11.5 Å². The molecule has 0 aliphatic heterocycles. The van der Waals surface area contributed by atoms with Crippen molar-refractivity contribution in [1.29, 1.82) is 0 Å². The van der Waals surface area contributed by atoms with Gasteiger partial charge in [-0.1, -0.05) is 0 Å². The van der Waals surface area contributed by atoms with E-state index in [9.17, 15) is 14.9 Å². The molecule has 0 spiro atoms. The van der Waals surface area contributed by atoms with E-state index in [0.29, 0.717) is 12.2 Å². The second kappa shape index (κ2) is 6.43. The lowest BCUT2D eigenvalue weighted by Crippen LogP contribution is -2.03. The van der Waals surface area contributed by atoms with Crippen LogP contribution in [0.15, 0.2) is 18.2 Å². The van der Waals surface area contributed by atoms with E-state index in [1.54, 1.807) is 0 Å². The lowest BCUT2D eigenvalue weighted by Gasteiger charge is -2.09. The molecule has 0 saturated carbocycles. The Hall–Kier alpha value is -2.31. The number of nitro groups is 1. The van der Waals surface area contributed by atoms with Crippen molar-refractivity contribution in [2.75, 3.05) is 13.7 Å². The zero-order chi connectivity index (χ0) is 13.5. The molecule has 0 bridgehead atoms.